The normalized spacial score (nSPS) is 12.2. The van der Waals surface area contributed by atoms with E-state index in [0.717, 1.165) is 6.42 Å². The number of nitro groups is 1. The Hall–Kier alpha value is -1.65. The predicted molar refractivity (Wildman–Crippen MR) is 63.3 cm³/mol. The third kappa shape index (κ3) is 3.41. The number of nitro benzene ring substituents is 1. The van der Waals surface area contributed by atoms with Gasteiger partial charge in [0.1, 0.15) is 0 Å². The quantitative estimate of drug-likeness (QED) is 0.566. The molecule has 0 fully saturated rings. The third-order valence-electron chi connectivity index (χ3n) is 2.44. The van der Waals surface area contributed by atoms with Crippen molar-refractivity contribution in [2.75, 3.05) is 13.3 Å². The summed E-state index contributed by atoms with van der Waals surface area (Å²) in [6.07, 6.45) is 0.778. The number of ether oxygens (including phenoxy) is 1. The number of rotatable bonds is 6. The average molecular weight is 241 g/mol. The molecule has 1 atom stereocenters. The molecule has 1 rings (SSSR count). The van der Waals surface area contributed by atoms with Gasteiger partial charge in [0.15, 0.2) is 5.75 Å². The maximum Gasteiger partial charge on any atom is 0.311 e. The number of alkyl halides is 1. The molecular formula is C12H16FNO3. The average Bonchev–Trinajstić information content (AvgIpc) is 2.35. The molecule has 0 spiro atoms. The van der Waals surface area contributed by atoms with E-state index >= 15 is 0 Å². The fourth-order valence-electron chi connectivity index (χ4n) is 1.41. The lowest BCUT2D eigenvalue weighted by atomic mass is 10.0. The topological polar surface area (TPSA) is 52.4 Å². The first-order valence-electron chi connectivity index (χ1n) is 5.57. The predicted octanol–water partition coefficient (Wildman–Crippen LogP) is 3.46. The fourth-order valence-corrected chi connectivity index (χ4v) is 1.41. The van der Waals surface area contributed by atoms with Gasteiger partial charge in [0.05, 0.1) is 18.2 Å². The highest BCUT2D eigenvalue weighted by Gasteiger charge is 2.18. The Bertz CT molecular complexity index is 395. The molecule has 0 radical (unpaired) electrons. The van der Waals surface area contributed by atoms with E-state index in [1.165, 1.54) is 12.1 Å². The van der Waals surface area contributed by atoms with Crippen LogP contribution >= 0.6 is 0 Å². The Morgan fingerprint density at radius 1 is 1.53 bits per heavy atom. The highest BCUT2D eigenvalue weighted by molar-refractivity contribution is 5.49. The van der Waals surface area contributed by atoms with Gasteiger partial charge >= 0.3 is 5.69 Å². The molecule has 1 unspecified atom stereocenters. The first-order chi connectivity index (χ1) is 8.10. The molecule has 0 bridgehead atoms. The van der Waals surface area contributed by atoms with E-state index in [4.69, 9.17) is 4.74 Å². The Balaban J connectivity index is 3.03. The standard InChI is InChI=1S/C12H16FNO3/c1-3-6-17-12-5-4-10(9(2)8-13)7-11(12)14(15)16/h4-5,7,9H,3,6,8H2,1-2H3. The molecule has 1 aromatic rings. The summed E-state index contributed by atoms with van der Waals surface area (Å²) in [6, 6.07) is 4.59. The van der Waals surface area contributed by atoms with Crippen molar-refractivity contribution in [2.45, 2.75) is 26.2 Å². The second-order valence-electron chi connectivity index (χ2n) is 3.89. The van der Waals surface area contributed by atoms with Crippen LogP contribution in [0, 0.1) is 10.1 Å². The van der Waals surface area contributed by atoms with Gasteiger partial charge in [-0.15, -0.1) is 0 Å². The number of halogens is 1. The Kier molecular flexibility index (Phi) is 4.87. The van der Waals surface area contributed by atoms with Gasteiger partial charge in [-0.25, -0.2) is 0 Å². The van der Waals surface area contributed by atoms with Crippen LogP contribution in [-0.2, 0) is 0 Å². The Morgan fingerprint density at radius 3 is 2.76 bits per heavy atom. The van der Waals surface area contributed by atoms with Crippen molar-refractivity contribution in [1.82, 2.24) is 0 Å². The first-order valence-corrected chi connectivity index (χ1v) is 5.57. The molecule has 4 nitrogen and oxygen atoms in total. The summed E-state index contributed by atoms with van der Waals surface area (Å²) >= 11 is 0. The molecule has 0 amide bonds. The number of hydrogen-bond donors (Lipinski definition) is 0. The molecule has 0 aromatic heterocycles. The molecule has 0 heterocycles. The molecular weight excluding hydrogens is 225 g/mol. The highest BCUT2D eigenvalue weighted by Crippen LogP contribution is 2.30. The number of benzene rings is 1. The highest BCUT2D eigenvalue weighted by atomic mass is 19.1. The van der Waals surface area contributed by atoms with Crippen LogP contribution < -0.4 is 4.74 Å². The van der Waals surface area contributed by atoms with E-state index in [2.05, 4.69) is 0 Å². The molecule has 0 aliphatic heterocycles. The lowest BCUT2D eigenvalue weighted by Crippen LogP contribution is -2.02. The first kappa shape index (κ1) is 13.4. The largest absolute Gasteiger partial charge is 0.487 e. The van der Waals surface area contributed by atoms with Crippen LogP contribution in [0.25, 0.3) is 0 Å². The summed E-state index contributed by atoms with van der Waals surface area (Å²) < 4.78 is 17.8. The van der Waals surface area contributed by atoms with Crippen molar-refractivity contribution in [2.24, 2.45) is 0 Å². The Morgan fingerprint density at radius 2 is 2.24 bits per heavy atom. The summed E-state index contributed by atoms with van der Waals surface area (Å²) in [5.74, 6) is -0.0967. The molecule has 1 aromatic carbocycles. The van der Waals surface area contributed by atoms with Gasteiger partial charge in [-0.05, 0) is 18.1 Å². The van der Waals surface area contributed by atoms with Crippen molar-refractivity contribution in [3.05, 3.63) is 33.9 Å². The SMILES string of the molecule is CCCOc1ccc(C(C)CF)cc1[N+](=O)[O-]. The van der Waals surface area contributed by atoms with Crippen molar-refractivity contribution < 1.29 is 14.1 Å². The van der Waals surface area contributed by atoms with Crippen LogP contribution in [0.4, 0.5) is 10.1 Å². The van der Waals surface area contributed by atoms with E-state index in [9.17, 15) is 14.5 Å². The van der Waals surface area contributed by atoms with Crippen LogP contribution in [0.2, 0.25) is 0 Å². The summed E-state index contributed by atoms with van der Waals surface area (Å²) in [5.41, 5.74) is 0.513. The van der Waals surface area contributed by atoms with E-state index < -0.39 is 11.6 Å². The van der Waals surface area contributed by atoms with Gasteiger partial charge < -0.3 is 4.74 Å². The monoisotopic (exact) mass is 241 g/mol. The molecule has 17 heavy (non-hydrogen) atoms. The van der Waals surface area contributed by atoms with Gasteiger partial charge in [0.2, 0.25) is 0 Å². The van der Waals surface area contributed by atoms with Gasteiger partial charge in [0, 0.05) is 12.0 Å². The van der Waals surface area contributed by atoms with Gasteiger partial charge in [-0.3, -0.25) is 14.5 Å². The van der Waals surface area contributed by atoms with E-state index in [-0.39, 0.29) is 17.4 Å². The van der Waals surface area contributed by atoms with E-state index in [0.29, 0.717) is 12.2 Å². The minimum absolute atomic E-state index is 0.101. The molecule has 0 saturated carbocycles. The fraction of sp³-hybridized carbons (Fsp3) is 0.500. The molecule has 0 saturated heterocycles. The van der Waals surface area contributed by atoms with Gasteiger partial charge in [-0.2, -0.15) is 0 Å². The molecule has 0 N–H and O–H groups in total. The molecule has 0 aliphatic carbocycles. The summed E-state index contributed by atoms with van der Waals surface area (Å²) in [5, 5.41) is 10.9. The molecule has 94 valence electrons. The number of nitrogens with zero attached hydrogens (tertiary/aromatic N) is 1. The minimum Gasteiger partial charge on any atom is -0.487 e. The van der Waals surface area contributed by atoms with E-state index in [1.807, 2.05) is 6.92 Å². The van der Waals surface area contributed by atoms with Crippen molar-refractivity contribution in [3.63, 3.8) is 0 Å². The summed E-state index contributed by atoms with van der Waals surface area (Å²) in [6.45, 7) is 3.50. The van der Waals surface area contributed by atoms with Crippen LogP contribution in [0.5, 0.6) is 5.75 Å². The van der Waals surface area contributed by atoms with Gasteiger partial charge in [0.25, 0.3) is 0 Å². The van der Waals surface area contributed by atoms with Crippen LogP contribution in [0.3, 0.4) is 0 Å². The Labute approximate surface area is 99.6 Å². The molecule has 0 aliphatic rings. The van der Waals surface area contributed by atoms with Crippen molar-refractivity contribution >= 4 is 5.69 Å². The minimum atomic E-state index is -0.535. The van der Waals surface area contributed by atoms with Crippen molar-refractivity contribution in [3.8, 4) is 5.75 Å². The van der Waals surface area contributed by atoms with Crippen LogP contribution in [-0.4, -0.2) is 18.2 Å². The van der Waals surface area contributed by atoms with Gasteiger partial charge in [-0.1, -0.05) is 19.9 Å². The summed E-state index contributed by atoms with van der Waals surface area (Å²) in [7, 11) is 0. The maximum absolute atomic E-state index is 12.5. The smallest absolute Gasteiger partial charge is 0.311 e. The van der Waals surface area contributed by atoms with Crippen LogP contribution in [0.1, 0.15) is 31.7 Å². The van der Waals surface area contributed by atoms with Crippen LogP contribution in [0.15, 0.2) is 18.2 Å². The zero-order chi connectivity index (χ0) is 12.8. The molecule has 5 heteroatoms. The van der Waals surface area contributed by atoms with E-state index in [1.54, 1.807) is 13.0 Å². The lowest BCUT2D eigenvalue weighted by molar-refractivity contribution is -0.385. The second kappa shape index (κ2) is 6.18. The zero-order valence-electron chi connectivity index (χ0n) is 9.98. The zero-order valence-corrected chi connectivity index (χ0v) is 9.98. The lowest BCUT2D eigenvalue weighted by Gasteiger charge is -2.10. The maximum atomic E-state index is 12.5. The van der Waals surface area contributed by atoms with Crippen molar-refractivity contribution in [1.29, 1.82) is 0 Å². The summed E-state index contributed by atoms with van der Waals surface area (Å²) in [4.78, 5) is 10.4. The number of hydrogen-bond acceptors (Lipinski definition) is 3. The second-order valence-corrected chi connectivity index (χ2v) is 3.89. The third-order valence-corrected chi connectivity index (χ3v) is 2.44.